The Morgan fingerprint density at radius 3 is 1.10 bits per heavy atom. The maximum Gasteiger partial charge on any atom is 0.262 e. The minimum atomic E-state index is -0.804. The van der Waals surface area contributed by atoms with Gasteiger partial charge in [-0.3, -0.25) is 38.7 Å². The first kappa shape index (κ1) is 34.1. The third kappa shape index (κ3) is 5.93. The fraction of sp³-hybridized carbons (Fsp3) is 0.158. The van der Waals surface area contributed by atoms with E-state index >= 15 is 0 Å². The van der Waals surface area contributed by atoms with E-state index in [1.54, 1.807) is 10.1 Å². The summed E-state index contributed by atoms with van der Waals surface area (Å²) in [5.74, 6) is -2.30. The molecule has 0 unspecified atom stereocenters. The lowest BCUT2D eigenvalue weighted by atomic mass is 9.99. The molecular weight excluding hydrogens is 862 g/mol. The smallest absolute Gasteiger partial charge is 0.262 e. The zero-order chi connectivity index (χ0) is 35.1. The zero-order valence-corrected chi connectivity index (χ0v) is 31.2. The van der Waals surface area contributed by atoms with Crippen molar-refractivity contribution in [2.24, 2.45) is 11.8 Å². The van der Waals surface area contributed by atoms with Crippen LogP contribution in [-0.4, -0.2) is 59.7 Å². The lowest BCUT2D eigenvalue weighted by Crippen LogP contribution is -2.32. The van der Waals surface area contributed by atoms with E-state index in [9.17, 15) is 19.2 Å². The van der Waals surface area contributed by atoms with E-state index < -0.39 is 24.0 Å². The number of carbonyl (C=O) groups excluding carboxylic acids is 4. The van der Waals surface area contributed by atoms with Gasteiger partial charge in [0.1, 0.15) is 11.8 Å². The van der Waals surface area contributed by atoms with Crippen LogP contribution in [0.25, 0.3) is 7.16 Å². The van der Waals surface area contributed by atoms with Crippen LogP contribution in [0.2, 0.25) is 0 Å². The number of likely N-dealkylation sites (tertiary alicyclic amines) is 2. The van der Waals surface area contributed by atoms with Crippen molar-refractivity contribution in [2.45, 2.75) is 12.2 Å². The second-order valence-corrected chi connectivity index (χ2v) is 14.0. The predicted octanol–water partition coefficient (Wildman–Crippen LogP) is 6.45. The molecule has 4 aliphatic heterocycles. The summed E-state index contributed by atoms with van der Waals surface area (Å²) in [5, 5.41) is 3.26. The van der Waals surface area contributed by atoms with Crippen molar-refractivity contribution in [1.29, 1.82) is 0 Å². The Labute approximate surface area is 316 Å². The van der Waals surface area contributed by atoms with Crippen molar-refractivity contribution >= 4 is 87.3 Å². The molecule has 0 spiro atoms. The van der Waals surface area contributed by atoms with E-state index in [1.807, 2.05) is 121 Å². The van der Waals surface area contributed by atoms with Gasteiger partial charge in [-0.25, -0.2) is 10.1 Å². The van der Waals surface area contributed by atoms with Gasteiger partial charge in [0, 0.05) is 21.3 Å². The molecular formula is C38H30I2N4O6. The summed E-state index contributed by atoms with van der Waals surface area (Å²) in [6, 6.07) is 38.6. The number of nitrogens with zero attached hydrogens (tertiary/aromatic N) is 4. The van der Waals surface area contributed by atoms with E-state index in [0.29, 0.717) is 11.4 Å². The standard InChI is InChI=1S/2C19H15IN2O3/c2*1-21-18(23)14-16(15(20)12-8-4-2-5-9-12)22(25-17(14)19(21)24)13-10-6-3-7-11-13/h2*2-11,14,17H,1H3/b2*16-15-/t2*14-,17+/m00/s1. The number of fused-ring (bicyclic) bond motifs is 2. The molecule has 4 heterocycles. The van der Waals surface area contributed by atoms with Gasteiger partial charge < -0.3 is 0 Å². The molecule has 4 saturated heterocycles. The molecule has 0 aromatic heterocycles. The second-order valence-electron chi connectivity index (χ2n) is 11.9. The summed E-state index contributed by atoms with van der Waals surface area (Å²) in [7, 11) is 3.01. The summed E-state index contributed by atoms with van der Waals surface area (Å²) in [6.07, 6.45) is -1.61. The fourth-order valence-corrected chi connectivity index (χ4v) is 8.16. The highest BCUT2D eigenvalue weighted by atomic mass is 127. The number of imide groups is 2. The van der Waals surface area contributed by atoms with Crippen LogP contribution in [-0.2, 0) is 28.9 Å². The van der Waals surface area contributed by atoms with Crippen LogP contribution in [0.3, 0.4) is 0 Å². The average Bonchev–Trinajstić information content (AvgIpc) is 3.87. The molecule has 4 atom stereocenters. The van der Waals surface area contributed by atoms with Crippen LogP contribution in [0.1, 0.15) is 11.1 Å². The lowest BCUT2D eigenvalue weighted by molar-refractivity contribution is -0.142. The summed E-state index contributed by atoms with van der Waals surface area (Å²) >= 11 is 4.46. The second kappa shape index (κ2) is 14.1. The molecule has 4 aromatic rings. The van der Waals surface area contributed by atoms with Gasteiger partial charge in [0.05, 0.1) is 22.8 Å². The van der Waals surface area contributed by atoms with Gasteiger partial charge in [0.15, 0.2) is 12.2 Å². The van der Waals surface area contributed by atoms with Crippen LogP contribution in [0.5, 0.6) is 0 Å². The Kier molecular flexibility index (Phi) is 9.61. The molecule has 8 rings (SSSR count). The largest absolute Gasteiger partial charge is 0.283 e. The monoisotopic (exact) mass is 892 g/mol. The highest BCUT2D eigenvalue weighted by Crippen LogP contribution is 2.47. The van der Waals surface area contributed by atoms with E-state index in [1.165, 1.54) is 14.1 Å². The first-order valence-electron chi connectivity index (χ1n) is 15.8. The molecule has 4 fully saturated rings. The molecule has 4 amide bonds. The highest BCUT2D eigenvalue weighted by molar-refractivity contribution is 14.1. The van der Waals surface area contributed by atoms with Crippen LogP contribution < -0.4 is 10.1 Å². The van der Waals surface area contributed by atoms with Gasteiger partial charge in [-0.05, 0) is 80.6 Å². The Morgan fingerprint density at radius 1 is 0.480 bits per heavy atom. The van der Waals surface area contributed by atoms with Crippen molar-refractivity contribution < 1.29 is 28.9 Å². The number of halogens is 2. The van der Waals surface area contributed by atoms with E-state index in [2.05, 4.69) is 45.2 Å². The van der Waals surface area contributed by atoms with Crippen LogP contribution in [0.4, 0.5) is 11.4 Å². The van der Waals surface area contributed by atoms with Crippen molar-refractivity contribution in [2.75, 3.05) is 24.2 Å². The molecule has 12 heteroatoms. The molecule has 4 aliphatic rings. The Bertz CT molecular complexity index is 1880. The molecule has 4 aromatic carbocycles. The van der Waals surface area contributed by atoms with Crippen molar-refractivity contribution in [3.05, 3.63) is 144 Å². The Hall–Kier alpha value is -4.38. The number of anilines is 2. The normalized spacial score (nSPS) is 24.7. The minimum Gasteiger partial charge on any atom is -0.283 e. The highest BCUT2D eigenvalue weighted by Gasteiger charge is 2.58. The average molecular weight is 892 g/mol. The number of hydroxylamine groups is 2. The number of carbonyl (C=O) groups is 4. The topological polar surface area (TPSA) is 99.7 Å². The number of benzene rings is 4. The Morgan fingerprint density at radius 2 is 0.780 bits per heavy atom. The van der Waals surface area contributed by atoms with Gasteiger partial charge in [-0.15, -0.1) is 0 Å². The number of para-hydroxylation sites is 2. The third-order valence-corrected chi connectivity index (χ3v) is 11.2. The predicted molar refractivity (Wildman–Crippen MR) is 205 cm³/mol. The number of hydrogen-bond acceptors (Lipinski definition) is 8. The summed E-state index contributed by atoms with van der Waals surface area (Å²) < 4.78 is 1.79. The van der Waals surface area contributed by atoms with Crippen molar-refractivity contribution in [3.63, 3.8) is 0 Å². The van der Waals surface area contributed by atoms with Gasteiger partial charge in [-0.1, -0.05) is 97.1 Å². The van der Waals surface area contributed by atoms with Crippen molar-refractivity contribution in [1.82, 2.24) is 9.80 Å². The molecule has 0 saturated carbocycles. The molecule has 252 valence electrons. The van der Waals surface area contributed by atoms with Gasteiger partial charge in [-0.2, -0.15) is 0 Å². The molecule has 50 heavy (non-hydrogen) atoms. The van der Waals surface area contributed by atoms with Crippen molar-refractivity contribution in [3.8, 4) is 0 Å². The van der Waals surface area contributed by atoms with Gasteiger partial charge >= 0.3 is 0 Å². The summed E-state index contributed by atoms with van der Waals surface area (Å²) in [5.41, 5.74) is 4.98. The number of likely N-dealkylation sites (N-methyl/N-ethyl adjacent to an activating group) is 2. The number of hydrogen-bond donors (Lipinski definition) is 0. The number of amides is 4. The van der Waals surface area contributed by atoms with E-state index in [4.69, 9.17) is 9.68 Å². The first-order chi connectivity index (χ1) is 24.2. The van der Waals surface area contributed by atoms with Crippen LogP contribution in [0, 0.1) is 11.8 Å². The SMILES string of the molecule is CN1C(=O)[C@@H]2ON(c3ccccc3)/C(=C(\I)c3ccccc3)[C@@H]2C1=O.CN1C(=O)[C@@H]2ON(c3ccccc3)/C(=C(\I)c3ccccc3)[C@@H]2C1=O. The summed E-state index contributed by atoms with van der Waals surface area (Å²) in [6.45, 7) is 0. The van der Waals surface area contributed by atoms with E-state index in [0.717, 1.165) is 39.5 Å². The fourth-order valence-electron chi connectivity index (χ4n) is 6.33. The molecule has 10 nitrogen and oxygen atoms in total. The Balaban J connectivity index is 0.000000157. The molecule has 0 aliphatic carbocycles. The third-order valence-electron chi connectivity index (χ3n) is 8.90. The first-order valence-corrected chi connectivity index (χ1v) is 17.9. The zero-order valence-electron chi connectivity index (χ0n) is 26.9. The minimum absolute atomic E-state index is 0.228. The maximum atomic E-state index is 12.7. The summed E-state index contributed by atoms with van der Waals surface area (Å²) in [4.78, 5) is 64.4. The molecule has 0 radical (unpaired) electrons. The number of rotatable bonds is 4. The maximum absolute atomic E-state index is 12.7. The molecule has 0 N–H and O–H groups in total. The molecule has 0 bridgehead atoms. The quantitative estimate of drug-likeness (QED) is 0.171. The van der Waals surface area contributed by atoms with Gasteiger partial charge in [0.2, 0.25) is 11.8 Å². The van der Waals surface area contributed by atoms with E-state index in [-0.39, 0.29) is 23.6 Å². The van der Waals surface area contributed by atoms with Gasteiger partial charge in [0.25, 0.3) is 11.8 Å². The van der Waals surface area contributed by atoms with Crippen LogP contribution in [0.15, 0.2) is 133 Å². The lowest BCUT2D eigenvalue weighted by Gasteiger charge is -2.23. The van der Waals surface area contributed by atoms with Crippen LogP contribution >= 0.6 is 45.2 Å².